The van der Waals surface area contributed by atoms with Gasteiger partial charge in [0.1, 0.15) is 0 Å². The molecule has 2 aromatic rings. The molecule has 2 rings (SSSR count). The molecule has 0 aliphatic heterocycles. The molecule has 21 heavy (non-hydrogen) atoms. The van der Waals surface area contributed by atoms with Crippen LogP contribution in [0.3, 0.4) is 0 Å². The molecule has 0 bridgehead atoms. The molecule has 0 saturated carbocycles. The maximum Gasteiger partial charge on any atom is 0.0543 e. The highest BCUT2D eigenvalue weighted by Crippen LogP contribution is 2.29. The molecular weight excluding hydrogens is 258 g/mol. The van der Waals surface area contributed by atoms with Crippen LogP contribution in [0.1, 0.15) is 52.7 Å². The molecule has 0 aliphatic carbocycles. The molecule has 3 nitrogen and oxygen atoms in total. The Balaban J connectivity index is 2.12. The van der Waals surface area contributed by atoms with E-state index in [4.69, 9.17) is 0 Å². The van der Waals surface area contributed by atoms with Gasteiger partial charge < -0.3 is 5.32 Å². The Bertz CT molecular complexity index is 597. The van der Waals surface area contributed by atoms with Gasteiger partial charge in [0.15, 0.2) is 0 Å². The van der Waals surface area contributed by atoms with E-state index in [1.807, 2.05) is 10.9 Å². The highest BCUT2D eigenvalue weighted by molar-refractivity contribution is 5.54. The number of hydrogen-bond acceptors (Lipinski definition) is 2. The lowest BCUT2D eigenvalue weighted by Gasteiger charge is -2.23. The van der Waals surface area contributed by atoms with Gasteiger partial charge in [-0.3, -0.25) is 4.68 Å². The van der Waals surface area contributed by atoms with Crippen LogP contribution < -0.4 is 5.32 Å². The maximum atomic E-state index is 4.45. The Morgan fingerprint density at radius 3 is 2.29 bits per heavy atom. The minimum Gasteiger partial charge on any atom is -0.381 e. The van der Waals surface area contributed by atoms with Crippen LogP contribution in [0.15, 0.2) is 36.7 Å². The fraction of sp³-hybridized carbons (Fsp3) is 0.500. The van der Waals surface area contributed by atoms with Crippen LogP contribution in [0.4, 0.5) is 5.69 Å². The van der Waals surface area contributed by atoms with Crippen LogP contribution in [0.5, 0.6) is 0 Å². The minimum absolute atomic E-state index is 0.0293. The summed E-state index contributed by atoms with van der Waals surface area (Å²) in [5.41, 5.74) is 3.91. The van der Waals surface area contributed by atoms with E-state index in [2.05, 4.69) is 82.4 Å². The van der Waals surface area contributed by atoms with Gasteiger partial charge in [-0.25, -0.2) is 0 Å². The van der Waals surface area contributed by atoms with Crippen LogP contribution in [0.25, 0.3) is 0 Å². The molecule has 0 radical (unpaired) electrons. The molecule has 0 aliphatic rings. The number of aromatic nitrogens is 2. The van der Waals surface area contributed by atoms with Crippen molar-refractivity contribution in [2.75, 3.05) is 5.32 Å². The summed E-state index contributed by atoms with van der Waals surface area (Å²) < 4.78 is 2.01. The van der Waals surface area contributed by atoms with Crippen LogP contribution in [-0.2, 0) is 17.5 Å². The third-order valence-electron chi connectivity index (χ3n) is 3.54. The predicted molar refractivity (Wildman–Crippen MR) is 89.7 cm³/mol. The minimum atomic E-state index is 0.0293. The molecule has 0 fully saturated rings. The average Bonchev–Trinajstić information content (AvgIpc) is 2.84. The van der Waals surface area contributed by atoms with Crippen LogP contribution in [0, 0.1) is 0 Å². The number of nitrogens with zero attached hydrogens (tertiary/aromatic N) is 2. The fourth-order valence-electron chi connectivity index (χ4n) is 2.31. The molecule has 3 heteroatoms. The summed E-state index contributed by atoms with van der Waals surface area (Å²) in [6.45, 7) is 14.0. The van der Waals surface area contributed by atoms with E-state index in [1.165, 1.54) is 16.8 Å². The van der Waals surface area contributed by atoms with Crippen molar-refractivity contribution in [1.29, 1.82) is 0 Å². The molecule has 0 unspecified atom stereocenters. The van der Waals surface area contributed by atoms with Crippen LogP contribution >= 0.6 is 0 Å². The zero-order valence-corrected chi connectivity index (χ0v) is 14.1. The molecular formula is C18H27N3. The van der Waals surface area contributed by atoms with E-state index < -0.39 is 0 Å². The predicted octanol–water partition coefficient (Wildman–Crippen LogP) is 4.55. The number of rotatable bonds is 3. The Morgan fingerprint density at radius 1 is 1.05 bits per heavy atom. The van der Waals surface area contributed by atoms with Gasteiger partial charge in [-0.05, 0) is 37.8 Å². The van der Waals surface area contributed by atoms with Gasteiger partial charge in [-0.2, -0.15) is 5.10 Å². The Morgan fingerprint density at radius 2 is 1.71 bits per heavy atom. The van der Waals surface area contributed by atoms with E-state index in [-0.39, 0.29) is 11.0 Å². The molecule has 1 aromatic heterocycles. The van der Waals surface area contributed by atoms with Crippen molar-refractivity contribution in [2.24, 2.45) is 0 Å². The average molecular weight is 285 g/mol. The second kappa shape index (κ2) is 5.55. The summed E-state index contributed by atoms with van der Waals surface area (Å²) in [4.78, 5) is 0. The molecule has 1 N–H and O–H groups in total. The van der Waals surface area contributed by atoms with E-state index in [9.17, 15) is 0 Å². The van der Waals surface area contributed by atoms with Crippen LogP contribution in [0.2, 0.25) is 0 Å². The van der Waals surface area contributed by atoms with Crippen molar-refractivity contribution in [1.82, 2.24) is 9.78 Å². The number of anilines is 1. The van der Waals surface area contributed by atoms with Crippen molar-refractivity contribution in [2.45, 2.75) is 59.0 Å². The number of para-hydroxylation sites is 1. The Hall–Kier alpha value is -1.77. The van der Waals surface area contributed by atoms with Crippen molar-refractivity contribution in [3.8, 4) is 0 Å². The zero-order valence-electron chi connectivity index (χ0n) is 14.1. The second-order valence-corrected chi connectivity index (χ2v) is 7.61. The van der Waals surface area contributed by atoms with Crippen molar-refractivity contribution >= 4 is 5.69 Å². The molecule has 1 aromatic carbocycles. The standard InChI is InChI=1S/C18H27N3/c1-17(2,3)15-9-7-8-10-16(15)19-11-14-12-20-21(13-14)18(4,5)6/h7-10,12-13,19H,11H2,1-6H3. The third-order valence-corrected chi connectivity index (χ3v) is 3.54. The summed E-state index contributed by atoms with van der Waals surface area (Å²) in [5, 5.41) is 8.00. The summed E-state index contributed by atoms with van der Waals surface area (Å²) in [5.74, 6) is 0. The van der Waals surface area contributed by atoms with Gasteiger partial charge in [0.25, 0.3) is 0 Å². The van der Waals surface area contributed by atoms with E-state index in [0.29, 0.717) is 0 Å². The zero-order chi connectivity index (χ0) is 15.7. The first-order valence-corrected chi connectivity index (χ1v) is 7.55. The maximum absolute atomic E-state index is 4.45. The number of hydrogen-bond donors (Lipinski definition) is 1. The monoisotopic (exact) mass is 285 g/mol. The SMILES string of the molecule is CC(C)(C)c1ccccc1NCc1cnn(C(C)(C)C)c1. The lowest BCUT2D eigenvalue weighted by Crippen LogP contribution is -2.22. The van der Waals surface area contributed by atoms with Gasteiger partial charge in [0.05, 0.1) is 11.7 Å². The second-order valence-electron chi connectivity index (χ2n) is 7.61. The first-order valence-electron chi connectivity index (χ1n) is 7.55. The van der Waals surface area contributed by atoms with E-state index in [1.54, 1.807) is 0 Å². The summed E-state index contributed by atoms with van der Waals surface area (Å²) in [7, 11) is 0. The topological polar surface area (TPSA) is 29.9 Å². The Kier molecular flexibility index (Phi) is 4.13. The molecule has 0 atom stereocenters. The molecule has 0 spiro atoms. The van der Waals surface area contributed by atoms with Crippen molar-refractivity contribution in [3.63, 3.8) is 0 Å². The van der Waals surface area contributed by atoms with Gasteiger partial charge >= 0.3 is 0 Å². The first kappa shape index (κ1) is 15.6. The van der Waals surface area contributed by atoms with E-state index in [0.717, 1.165) is 6.54 Å². The lowest BCUT2D eigenvalue weighted by atomic mass is 9.86. The fourth-order valence-corrected chi connectivity index (χ4v) is 2.31. The molecule has 0 saturated heterocycles. The van der Waals surface area contributed by atoms with E-state index >= 15 is 0 Å². The lowest BCUT2D eigenvalue weighted by molar-refractivity contribution is 0.355. The summed E-state index contributed by atoms with van der Waals surface area (Å²) >= 11 is 0. The largest absolute Gasteiger partial charge is 0.381 e. The third kappa shape index (κ3) is 3.87. The van der Waals surface area contributed by atoms with Gasteiger partial charge in [-0.15, -0.1) is 0 Å². The van der Waals surface area contributed by atoms with Crippen molar-refractivity contribution in [3.05, 3.63) is 47.8 Å². The summed E-state index contributed by atoms with van der Waals surface area (Å²) in [6.07, 6.45) is 4.06. The Labute approximate surface area is 128 Å². The molecule has 114 valence electrons. The number of benzene rings is 1. The highest BCUT2D eigenvalue weighted by atomic mass is 15.3. The summed E-state index contributed by atoms with van der Waals surface area (Å²) in [6, 6.07) is 8.52. The van der Waals surface area contributed by atoms with Gasteiger partial charge in [-0.1, -0.05) is 39.0 Å². The number of nitrogens with one attached hydrogen (secondary N) is 1. The molecule has 0 amide bonds. The van der Waals surface area contributed by atoms with Gasteiger partial charge in [0.2, 0.25) is 0 Å². The smallest absolute Gasteiger partial charge is 0.0543 e. The first-order chi connectivity index (χ1) is 9.68. The highest BCUT2D eigenvalue weighted by Gasteiger charge is 2.17. The van der Waals surface area contributed by atoms with Crippen LogP contribution in [-0.4, -0.2) is 9.78 Å². The van der Waals surface area contributed by atoms with Gasteiger partial charge in [0, 0.05) is 24.0 Å². The van der Waals surface area contributed by atoms with Crippen molar-refractivity contribution < 1.29 is 0 Å². The normalized spacial score (nSPS) is 12.5. The molecule has 1 heterocycles. The quantitative estimate of drug-likeness (QED) is 0.896.